The van der Waals surface area contributed by atoms with E-state index in [1.165, 1.54) is 26.5 Å². The van der Waals surface area contributed by atoms with Crippen molar-refractivity contribution in [1.29, 1.82) is 0 Å². The molecule has 0 bridgehead atoms. The van der Waals surface area contributed by atoms with E-state index in [0.29, 0.717) is 0 Å². The van der Waals surface area contributed by atoms with Crippen LogP contribution >= 0.6 is 0 Å². The van der Waals surface area contributed by atoms with Crippen LogP contribution in [0.4, 0.5) is 0 Å². The van der Waals surface area contributed by atoms with Crippen molar-refractivity contribution in [3.8, 4) is 0 Å². The Hall–Kier alpha value is -2.58. The molecule has 2 saturated heterocycles. The van der Waals surface area contributed by atoms with Crippen LogP contribution in [0.25, 0.3) is 0 Å². The second-order valence-corrected chi connectivity index (χ2v) is 11.4. The molecule has 2 aliphatic heterocycles. The second-order valence-electron chi connectivity index (χ2n) is 8.86. The summed E-state index contributed by atoms with van der Waals surface area (Å²) in [5.74, 6) is -1.08. The molecule has 2 aliphatic rings. The topological polar surface area (TPSA) is 259 Å². The van der Waals surface area contributed by atoms with Gasteiger partial charge in [-0.1, -0.05) is 0 Å². The average molecular weight is 621 g/mol. The van der Waals surface area contributed by atoms with Crippen molar-refractivity contribution >= 4 is 26.8 Å². The molecule has 0 aliphatic carbocycles. The summed E-state index contributed by atoms with van der Waals surface area (Å²) in [5.41, 5.74) is -0.132. The first kappa shape index (κ1) is 29.4. The van der Waals surface area contributed by atoms with Crippen LogP contribution in [0.5, 0.6) is 0 Å². The van der Waals surface area contributed by atoms with Crippen LogP contribution < -0.4 is 10.6 Å². The molecule has 0 unspecified atom stereocenters. The number of aliphatic hydroxyl groups excluding tert-OH is 6. The summed E-state index contributed by atoms with van der Waals surface area (Å²) >= 11 is -0.967. The maximum absolute atomic E-state index is 11.9. The summed E-state index contributed by atoms with van der Waals surface area (Å²) in [4.78, 5) is 23.8. The zero-order valence-electron chi connectivity index (χ0n) is 20.8. The van der Waals surface area contributed by atoms with E-state index in [9.17, 15) is 40.2 Å². The van der Waals surface area contributed by atoms with E-state index in [1.807, 2.05) is 0 Å². The van der Waals surface area contributed by atoms with E-state index >= 15 is 0 Å². The van der Waals surface area contributed by atoms with Crippen molar-refractivity contribution in [2.24, 2.45) is 0 Å². The van der Waals surface area contributed by atoms with Gasteiger partial charge < -0.3 is 0 Å². The number of aliphatic hydroxyl groups is 6. The minimum atomic E-state index is -1.46. The summed E-state index contributed by atoms with van der Waals surface area (Å²) in [6.07, 6.45) is -5.66. The van der Waals surface area contributed by atoms with Crippen LogP contribution in [0.2, 0.25) is 0 Å². The van der Waals surface area contributed by atoms with Gasteiger partial charge in [0.1, 0.15) is 0 Å². The number of amides is 2. The van der Waals surface area contributed by atoms with Crippen molar-refractivity contribution in [3.05, 3.63) is 23.8 Å². The SMILES string of the molecule is CNC(=O)c1cn([C@H]2[C@@H](O)[C@@H](CO)O[C@@H]([Se][C@@H]3O[C@H](CO)[C@H](O)[C@H](n4cc(C(=O)NC)nn4)[C@H]3O)[C@@H]2O)nn1. The number of carbonyl (C=O) groups is 2. The molecule has 2 aromatic heterocycles. The monoisotopic (exact) mass is 622 g/mol. The molecule has 2 aromatic rings. The fourth-order valence-corrected chi connectivity index (χ4v) is 7.20. The van der Waals surface area contributed by atoms with Gasteiger partial charge in [0.05, 0.1) is 0 Å². The van der Waals surface area contributed by atoms with E-state index in [-0.39, 0.29) is 11.4 Å². The minimum absolute atomic E-state index is 0.0661. The summed E-state index contributed by atoms with van der Waals surface area (Å²) in [6, 6.07) is -2.37. The fourth-order valence-electron chi connectivity index (χ4n) is 4.43. The van der Waals surface area contributed by atoms with Crippen LogP contribution in [-0.4, -0.2) is 161 Å². The van der Waals surface area contributed by atoms with Crippen LogP contribution in [-0.2, 0) is 9.47 Å². The number of nitrogens with zero attached hydrogens (tertiary/aromatic N) is 6. The summed E-state index contributed by atoms with van der Waals surface area (Å²) in [7, 11) is 2.80. The van der Waals surface area contributed by atoms with Gasteiger partial charge in [-0.25, -0.2) is 0 Å². The Bertz CT molecular complexity index is 1070. The number of hydrogen-bond acceptors (Lipinski definition) is 14. The van der Waals surface area contributed by atoms with Gasteiger partial charge in [-0.2, -0.15) is 0 Å². The van der Waals surface area contributed by atoms with Gasteiger partial charge in [-0.3, -0.25) is 0 Å². The molecule has 0 spiro atoms. The Morgan fingerprint density at radius 1 is 0.795 bits per heavy atom. The zero-order chi connectivity index (χ0) is 28.4. The molecule has 216 valence electrons. The molecule has 18 nitrogen and oxygen atoms in total. The Morgan fingerprint density at radius 3 is 1.51 bits per heavy atom. The van der Waals surface area contributed by atoms with Gasteiger partial charge in [0.15, 0.2) is 0 Å². The first-order chi connectivity index (χ1) is 18.6. The van der Waals surface area contributed by atoms with E-state index in [1.54, 1.807) is 0 Å². The fraction of sp³-hybridized carbons (Fsp3) is 0.700. The third kappa shape index (κ3) is 5.68. The number of hydrogen-bond donors (Lipinski definition) is 8. The average Bonchev–Trinajstić information content (AvgIpc) is 3.61. The Morgan fingerprint density at radius 2 is 1.18 bits per heavy atom. The second kappa shape index (κ2) is 12.3. The van der Waals surface area contributed by atoms with Crippen LogP contribution in [0, 0.1) is 0 Å². The first-order valence-electron chi connectivity index (χ1n) is 11.8. The number of aromatic nitrogens is 6. The maximum atomic E-state index is 11.9. The molecule has 4 heterocycles. The predicted molar refractivity (Wildman–Crippen MR) is 126 cm³/mol. The van der Waals surface area contributed by atoms with Crippen LogP contribution in [0.1, 0.15) is 33.1 Å². The molecule has 8 N–H and O–H groups in total. The van der Waals surface area contributed by atoms with Crippen molar-refractivity contribution < 1.29 is 49.7 Å². The molecule has 0 radical (unpaired) electrons. The van der Waals surface area contributed by atoms with Crippen molar-refractivity contribution in [3.63, 3.8) is 0 Å². The quantitative estimate of drug-likeness (QED) is 0.128. The standard InChI is InChI=1S/C20H30N8O10Se/c1-21-17(35)7-3-27(25-23-7)11-13(31)9(5-29)37-19(15(11)33)39-20-16(34)12(14(32)10(6-30)38-20)28-4-8(24-26-28)18(36)22-2/h3-4,9-16,19-20,29-34H,5-6H2,1-2H3,(H,21,35)(H,22,36)/t9-,10-,11+,12+,13+,14+,15-,16-,19+,20+/m1/s1. The molecular weight excluding hydrogens is 591 g/mol. The summed E-state index contributed by atoms with van der Waals surface area (Å²) in [5, 5.41) is 81.4. The van der Waals surface area contributed by atoms with E-state index < -0.39 is 98.7 Å². The molecular formula is C20H30N8O10Se. The Labute approximate surface area is 227 Å². The molecule has 0 aromatic carbocycles. The molecule has 10 atom stereocenters. The van der Waals surface area contributed by atoms with Gasteiger partial charge in [-0.15, -0.1) is 0 Å². The molecule has 0 saturated carbocycles. The van der Waals surface area contributed by atoms with Gasteiger partial charge in [-0.05, 0) is 0 Å². The van der Waals surface area contributed by atoms with Crippen LogP contribution in [0.3, 0.4) is 0 Å². The molecule has 4 rings (SSSR count). The number of rotatable bonds is 8. The summed E-state index contributed by atoms with van der Waals surface area (Å²) < 4.78 is 13.7. The van der Waals surface area contributed by atoms with Gasteiger partial charge in [0.25, 0.3) is 0 Å². The first-order valence-corrected chi connectivity index (χ1v) is 13.8. The predicted octanol–water partition coefficient (Wildman–Crippen LogP) is -6.05. The third-order valence-electron chi connectivity index (χ3n) is 6.52. The van der Waals surface area contributed by atoms with Gasteiger partial charge in [0, 0.05) is 0 Å². The van der Waals surface area contributed by atoms with E-state index in [0.717, 1.165) is 9.36 Å². The molecule has 19 heteroatoms. The van der Waals surface area contributed by atoms with Crippen molar-refractivity contribution in [2.45, 2.75) is 58.7 Å². The van der Waals surface area contributed by atoms with Crippen molar-refractivity contribution in [2.75, 3.05) is 27.3 Å². The molecule has 2 amide bonds. The Balaban J connectivity index is 1.59. The van der Waals surface area contributed by atoms with Gasteiger partial charge >= 0.3 is 227 Å². The van der Waals surface area contributed by atoms with E-state index in [2.05, 4.69) is 31.3 Å². The van der Waals surface area contributed by atoms with E-state index in [4.69, 9.17) is 9.47 Å². The number of nitrogens with one attached hydrogen (secondary N) is 2. The zero-order valence-corrected chi connectivity index (χ0v) is 22.5. The van der Waals surface area contributed by atoms with Gasteiger partial charge in [0.2, 0.25) is 0 Å². The molecule has 2 fully saturated rings. The number of ether oxygens (including phenoxy) is 2. The van der Waals surface area contributed by atoms with Crippen LogP contribution in [0.15, 0.2) is 12.4 Å². The van der Waals surface area contributed by atoms with Crippen molar-refractivity contribution in [1.82, 2.24) is 40.6 Å². The number of carbonyl (C=O) groups excluding carboxylic acids is 2. The summed E-state index contributed by atoms with van der Waals surface area (Å²) in [6.45, 7) is -1.24. The normalized spacial score (nSPS) is 35.0. The molecule has 39 heavy (non-hydrogen) atoms. The third-order valence-corrected chi connectivity index (χ3v) is 9.28. The Kier molecular flexibility index (Phi) is 9.27.